The van der Waals surface area contributed by atoms with Crippen LogP contribution >= 0.6 is 11.8 Å². The van der Waals surface area contributed by atoms with Crippen LogP contribution in [0, 0.1) is 0 Å². The lowest BCUT2D eigenvalue weighted by Gasteiger charge is -2.15. The van der Waals surface area contributed by atoms with Gasteiger partial charge in [-0.2, -0.15) is 0 Å². The van der Waals surface area contributed by atoms with E-state index in [0.29, 0.717) is 27.6 Å². The second-order valence-corrected chi connectivity index (χ2v) is 8.66. The van der Waals surface area contributed by atoms with Crippen molar-refractivity contribution in [2.45, 2.75) is 11.3 Å². The summed E-state index contributed by atoms with van der Waals surface area (Å²) in [6.07, 6.45) is -0.728. The van der Waals surface area contributed by atoms with Gasteiger partial charge in [0.25, 0.3) is 5.56 Å². The molecule has 0 saturated carbocycles. The molecule has 5 nitrogen and oxygen atoms in total. The molecule has 1 atom stereocenters. The summed E-state index contributed by atoms with van der Waals surface area (Å²) in [7, 11) is 0. The van der Waals surface area contributed by atoms with Crippen LogP contribution in [0.1, 0.15) is 0 Å². The fourth-order valence-electron chi connectivity index (χ4n) is 3.68. The van der Waals surface area contributed by atoms with Crippen LogP contribution in [0.5, 0.6) is 5.75 Å². The molecule has 0 aliphatic heterocycles. The lowest BCUT2D eigenvalue weighted by Crippen LogP contribution is -2.24. The van der Waals surface area contributed by atoms with E-state index in [4.69, 9.17) is 9.72 Å². The topological polar surface area (TPSA) is 64.3 Å². The predicted octanol–water partition coefficient (Wildman–Crippen LogP) is 5.07. The lowest BCUT2D eigenvalue weighted by atomic mass is 10.1. The fraction of sp³-hybridized carbons (Fsp3) is 0.111. The van der Waals surface area contributed by atoms with Crippen molar-refractivity contribution < 1.29 is 9.84 Å². The molecule has 1 N–H and O–H groups in total. The van der Waals surface area contributed by atoms with E-state index in [-0.39, 0.29) is 12.2 Å². The molecule has 0 fully saturated rings. The SMILES string of the molecule is O=c1c2ccccc2nc(SCC(O)COc2ccc3ccccc3c2)n1-c1ccccc1. The number of fused-ring (bicyclic) bond motifs is 2. The highest BCUT2D eigenvalue weighted by atomic mass is 32.2. The van der Waals surface area contributed by atoms with Crippen LogP contribution in [0.4, 0.5) is 0 Å². The molecule has 0 saturated heterocycles. The van der Waals surface area contributed by atoms with E-state index in [2.05, 4.69) is 0 Å². The van der Waals surface area contributed by atoms with Crippen LogP contribution < -0.4 is 10.3 Å². The van der Waals surface area contributed by atoms with E-state index in [1.165, 1.54) is 11.8 Å². The minimum absolute atomic E-state index is 0.129. The van der Waals surface area contributed by atoms with Gasteiger partial charge in [0.15, 0.2) is 5.16 Å². The Labute approximate surface area is 195 Å². The molecule has 1 aromatic heterocycles. The van der Waals surface area contributed by atoms with Crippen LogP contribution in [0.15, 0.2) is 107 Å². The van der Waals surface area contributed by atoms with Crippen LogP contribution in [0.25, 0.3) is 27.4 Å². The van der Waals surface area contributed by atoms with E-state index in [0.717, 1.165) is 16.5 Å². The Balaban J connectivity index is 1.34. The van der Waals surface area contributed by atoms with E-state index < -0.39 is 6.10 Å². The van der Waals surface area contributed by atoms with Crippen molar-refractivity contribution in [2.24, 2.45) is 0 Å². The average Bonchev–Trinajstić information content (AvgIpc) is 2.86. The van der Waals surface area contributed by atoms with E-state index in [1.807, 2.05) is 91.0 Å². The molecular weight excluding hydrogens is 432 g/mol. The molecule has 164 valence electrons. The van der Waals surface area contributed by atoms with Crippen molar-refractivity contribution in [1.29, 1.82) is 0 Å². The van der Waals surface area contributed by atoms with Gasteiger partial charge in [-0.15, -0.1) is 0 Å². The van der Waals surface area contributed by atoms with E-state index in [9.17, 15) is 9.90 Å². The Bertz CT molecular complexity index is 1470. The Morgan fingerprint density at radius 3 is 2.45 bits per heavy atom. The smallest absolute Gasteiger partial charge is 0.266 e. The highest BCUT2D eigenvalue weighted by molar-refractivity contribution is 7.99. The number of thioether (sulfide) groups is 1. The second kappa shape index (κ2) is 9.48. The first-order valence-electron chi connectivity index (χ1n) is 10.7. The number of hydrogen-bond acceptors (Lipinski definition) is 5. The molecule has 4 aromatic carbocycles. The normalized spacial score (nSPS) is 12.2. The first-order chi connectivity index (χ1) is 16.2. The number of rotatable bonds is 7. The summed E-state index contributed by atoms with van der Waals surface area (Å²) in [6.45, 7) is 0.147. The average molecular weight is 455 g/mol. The maximum absolute atomic E-state index is 13.2. The van der Waals surface area contributed by atoms with E-state index >= 15 is 0 Å². The van der Waals surface area contributed by atoms with Crippen molar-refractivity contribution in [3.05, 3.63) is 107 Å². The zero-order valence-corrected chi connectivity index (χ0v) is 18.6. The number of nitrogens with zero attached hydrogens (tertiary/aromatic N) is 2. The van der Waals surface area contributed by atoms with Gasteiger partial charge >= 0.3 is 0 Å². The summed E-state index contributed by atoms with van der Waals surface area (Å²) >= 11 is 1.34. The third kappa shape index (κ3) is 4.62. The summed E-state index contributed by atoms with van der Waals surface area (Å²) in [5, 5.41) is 13.9. The molecule has 0 aliphatic carbocycles. The molecule has 1 unspecified atom stereocenters. The van der Waals surface area contributed by atoms with Gasteiger partial charge in [0.2, 0.25) is 0 Å². The van der Waals surface area contributed by atoms with Gasteiger partial charge < -0.3 is 9.84 Å². The fourth-order valence-corrected chi connectivity index (χ4v) is 4.60. The van der Waals surface area contributed by atoms with Gasteiger partial charge in [-0.25, -0.2) is 4.98 Å². The molecule has 0 bridgehead atoms. The Morgan fingerprint density at radius 1 is 0.879 bits per heavy atom. The number of aliphatic hydroxyl groups is 1. The van der Waals surface area contributed by atoms with Crippen molar-refractivity contribution in [2.75, 3.05) is 12.4 Å². The molecular formula is C27H22N2O3S. The maximum Gasteiger partial charge on any atom is 0.266 e. The Morgan fingerprint density at radius 2 is 1.61 bits per heavy atom. The first kappa shape index (κ1) is 21.2. The number of para-hydroxylation sites is 2. The monoisotopic (exact) mass is 454 g/mol. The minimum atomic E-state index is -0.728. The largest absolute Gasteiger partial charge is 0.491 e. The summed E-state index contributed by atoms with van der Waals surface area (Å²) in [4.78, 5) is 17.9. The van der Waals surface area contributed by atoms with Crippen LogP contribution in [0.2, 0.25) is 0 Å². The summed E-state index contributed by atoms with van der Waals surface area (Å²) in [6, 6.07) is 30.7. The molecule has 1 heterocycles. The number of ether oxygens (including phenoxy) is 1. The van der Waals surface area contributed by atoms with Crippen LogP contribution in [0.3, 0.4) is 0 Å². The third-order valence-corrected chi connectivity index (χ3v) is 6.41. The predicted molar refractivity (Wildman–Crippen MR) is 134 cm³/mol. The highest BCUT2D eigenvalue weighted by Gasteiger charge is 2.15. The molecule has 33 heavy (non-hydrogen) atoms. The van der Waals surface area contributed by atoms with Crippen molar-refractivity contribution in [1.82, 2.24) is 9.55 Å². The van der Waals surface area contributed by atoms with Gasteiger partial charge in [-0.3, -0.25) is 9.36 Å². The van der Waals surface area contributed by atoms with Gasteiger partial charge in [-0.1, -0.05) is 72.4 Å². The number of hydrogen-bond donors (Lipinski definition) is 1. The number of aliphatic hydroxyl groups excluding tert-OH is 1. The number of benzene rings is 4. The summed E-state index contributed by atoms with van der Waals surface area (Å²) in [5.41, 5.74) is 1.25. The Kier molecular flexibility index (Phi) is 6.11. The molecule has 6 heteroatoms. The van der Waals surface area contributed by atoms with Crippen molar-refractivity contribution in [3.8, 4) is 11.4 Å². The molecule has 5 aromatic rings. The molecule has 0 amide bonds. The second-order valence-electron chi connectivity index (χ2n) is 7.67. The zero-order valence-electron chi connectivity index (χ0n) is 17.8. The molecule has 0 spiro atoms. The van der Waals surface area contributed by atoms with Crippen molar-refractivity contribution in [3.63, 3.8) is 0 Å². The third-order valence-electron chi connectivity index (χ3n) is 5.33. The highest BCUT2D eigenvalue weighted by Crippen LogP contribution is 2.23. The minimum Gasteiger partial charge on any atom is -0.491 e. The molecule has 5 rings (SSSR count). The summed E-state index contributed by atoms with van der Waals surface area (Å²) in [5.74, 6) is 1.05. The van der Waals surface area contributed by atoms with Crippen molar-refractivity contribution >= 4 is 33.4 Å². The number of aromatic nitrogens is 2. The van der Waals surface area contributed by atoms with Gasteiger partial charge in [-0.05, 0) is 47.2 Å². The van der Waals surface area contributed by atoms with Gasteiger partial charge in [0, 0.05) is 5.75 Å². The maximum atomic E-state index is 13.2. The lowest BCUT2D eigenvalue weighted by molar-refractivity contribution is 0.126. The van der Waals surface area contributed by atoms with Crippen LogP contribution in [-0.4, -0.2) is 33.1 Å². The van der Waals surface area contributed by atoms with Crippen LogP contribution in [-0.2, 0) is 0 Å². The van der Waals surface area contributed by atoms with Gasteiger partial charge in [0.1, 0.15) is 12.4 Å². The van der Waals surface area contributed by atoms with Gasteiger partial charge in [0.05, 0.1) is 22.7 Å². The molecule has 0 radical (unpaired) electrons. The summed E-state index contributed by atoms with van der Waals surface area (Å²) < 4.78 is 7.42. The molecule has 0 aliphatic rings. The Hall–Kier alpha value is -3.61. The van der Waals surface area contributed by atoms with E-state index in [1.54, 1.807) is 10.6 Å². The quantitative estimate of drug-likeness (QED) is 0.275. The standard InChI is InChI=1S/C27H22N2O3S/c30-22(17-32-23-15-14-19-8-4-5-9-20(19)16-23)18-33-27-28-25-13-7-6-12-24(25)26(31)29(27)21-10-2-1-3-11-21/h1-16,22,30H,17-18H2. The zero-order chi connectivity index (χ0) is 22.6. The first-order valence-corrected chi connectivity index (χ1v) is 11.7.